The molecule has 3 heterocycles. The van der Waals surface area contributed by atoms with Gasteiger partial charge in [0.25, 0.3) is 0 Å². The van der Waals surface area contributed by atoms with Crippen LogP contribution in [0.2, 0.25) is 0 Å². The molecule has 1 aliphatic heterocycles. The van der Waals surface area contributed by atoms with Crippen LogP contribution in [0.3, 0.4) is 0 Å². The van der Waals surface area contributed by atoms with E-state index in [4.69, 9.17) is 9.40 Å². The van der Waals surface area contributed by atoms with Crippen LogP contribution in [0.25, 0.3) is 17.5 Å². The summed E-state index contributed by atoms with van der Waals surface area (Å²) in [6.07, 6.45) is 6.91. The Morgan fingerprint density at radius 2 is 2.04 bits per heavy atom. The van der Waals surface area contributed by atoms with Gasteiger partial charge >= 0.3 is 0 Å². The molecule has 0 saturated heterocycles. The second-order valence-electron chi connectivity index (χ2n) is 6.16. The number of aromatic nitrogens is 2. The monoisotopic (exact) mass is 319 g/mol. The third-order valence-electron chi connectivity index (χ3n) is 4.56. The van der Waals surface area contributed by atoms with Gasteiger partial charge in [0.05, 0.1) is 17.7 Å². The fourth-order valence-electron chi connectivity index (χ4n) is 3.25. The van der Waals surface area contributed by atoms with Crippen LogP contribution in [-0.2, 0) is 20.0 Å². The average Bonchev–Trinajstić information content (AvgIpc) is 3.24. The summed E-state index contributed by atoms with van der Waals surface area (Å²) in [6, 6.07) is 14.3. The number of fused-ring (bicyclic) bond motifs is 1. The van der Waals surface area contributed by atoms with E-state index in [1.165, 1.54) is 17.0 Å². The molecule has 4 heteroatoms. The zero-order valence-electron chi connectivity index (χ0n) is 13.9. The van der Waals surface area contributed by atoms with Crippen molar-refractivity contribution in [1.82, 2.24) is 14.5 Å². The lowest BCUT2D eigenvalue weighted by atomic mass is 10.1. The lowest BCUT2D eigenvalue weighted by Crippen LogP contribution is -2.31. The molecular weight excluding hydrogens is 298 g/mol. The lowest BCUT2D eigenvalue weighted by molar-refractivity contribution is 0.273. The van der Waals surface area contributed by atoms with Crippen molar-refractivity contribution in [3.8, 4) is 11.4 Å². The van der Waals surface area contributed by atoms with E-state index < -0.39 is 0 Å². The standard InChI is InChI=1S/C20H21N3O/c1-22-19-15-23(12-5-9-17-10-6-14-24-17)13-11-18(19)21-20(22)16-7-3-2-4-8-16/h2-10,14H,11-13,15H2,1H3/b9-5+. The lowest BCUT2D eigenvalue weighted by Gasteiger charge is -2.25. The zero-order valence-corrected chi connectivity index (χ0v) is 13.9. The first-order valence-corrected chi connectivity index (χ1v) is 8.33. The van der Waals surface area contributed by atoms with Gasteiger partial charge in [-0.3, -0.25) is 4.90 Å². The Labute approximate surface area is 142 Å². The molecule has 0 saturated carbocycles. The van der Waals surface area contributed by atoms with E-state index in [1.54, 1.807) is 6.26 Å². The summed E-state index contributed by atoms with van der Waals surface area (Å²) in [4.78, 5) is 7.32. The Morgan fingerprint density at radius 3 is 2.83 bits per heavy atom. The third kappa shape index (κ3) is 2.93. The molecule has 3 aromatic rings. The second kappa shape index (κ2) is 6.49. The van der Waals surface area contributed by atoms with E-state index in [-0.39, 0.29) is 0 Å². The van der Waals surface area contributed by atoms with Crippen molar-refractivity contribution in [1.29, 1.82) is 0 Å². The number of imidazole rings is 1. The van der Waals surface area contributed by atoms with Gasteiger partial charge in [0.15, 0.2) is 0 Å². The van der Waals surface area contributed by atoms with Gasteiger partial charge in [0.2, 0.25) is 0 Å². The van der Waals surface area contributed by atoms with Gasteiger partial charge < -0.3 is 8.98 Å². The van der Waals surface area contributed by atoms with Gasteiger partial charge in [-0.2, -0.15) is 0 Å². The SMILES string of the molecule is Cn1c(-c2ccccc2)nc2c1CN(C/C=C/c1ccco1)CC2. The van der Waals surface area contributed by atoms with Crippen LogP contribution in [0.15, 0.2) is 59.2 Å². The largest absolute Gasteiger partial charge is 0.465 e. The van der Waals surface area contributed by atoms with Crippen molar-refractivity contribution in [3.05, 3.63) is 72.0 Å². The summed E-state index contributed by atoms with van der Waals surface area (Å²) < 4.78 is 7.57. The van der Waals surface area contributed by atoms with Crippen LogP contribution in [0.1, 0.15) is 17.1 Å². The maximum Gasteiger partial charge on any atom is 0.140 e. The Bertz CT molecular complexity index is 831. The van der Waals surface area contributed by atoms with Crippen LogP contribution in [0.4, 0.5) is 0 Å². The van der Waals surface area contributed by atoms with E-state index >= 15 is 0 Å². The van der Waals surface area contributed by atoms with Gasteiger partial charge in [-0.05, 0) is 18.2 Å². The molecule has 122 valence electrons. The predicted molar refractivity (Wildman–Crippen MR) is 95.4 cm³/mol. The number of nitrogens with zero attached hydrogens (tertiary/aromatic N) is 3. The van der Waals surface area contributed by atoms with Crippen LogP contribution in [0.5, 0.6) is 0 Å². The molecule has 4 nitrogen and oxygen atoms in total. The van der Waals surface area contributed by atoms with Crippen molar-refractivity contribution in [2.75, 3.05) is 13.1 Å². The van der Waals surface area contributed by atoms with Crippen molar-refractivity contribution in [2.24, 2.45) is 7.05 Å². The van der Waals surface area contributed by atoms with Crippen molar-refractivity contribution in [2.45, 2.75) is 13.0 Å². The number of benzene rings is 1. The molecule has 4 rings (SSSR count). The first kappa shape index (κ1) is 15.0. The Morgan fingerprint density at radius 1 is 1.17 bits per heavy atom. The number of rotatable bonds is 4. The molecular formula is C20H21N3O. The molecule has 0 bridgehead atoms. The molecule has 1 aromatic carbocycles. The highest BCUT2D eigenvalue weighted by Gasteiger charge is 2.22. The minimum atomic E-state index is 0.902. The van der Waals surface area contributed by atoms with Gasteiger partial charge in [0.1, 0.15) is 11.6 Å². The summed E-state index contributed by atoms with van der Waals surface area (Å²) in [5.74, 6) is 1.97. The highest BCUT2D eigenvalue weighted by Crippen LogP contribution is 2.25. The first-order chi connectivity index (χ1) is 11.8. The minimum absolute atomic E-state index is 0.902. The molecule has 1 aliphatic rings. The van der Waals surface area contributed by atoms with E-state index in [9.17, 15) is 0 Å². The van der Waals surface area contributed by atoms with Crippen molar-refractivity contribution >= 4 is 6.08 Å². The summed E-state index contributed by atoms with van der Waals surface area (Å²) in [5, 5.41) is 0. The number of hydrogen-bond donors (Lipinski definition) is 0. The third-order valence-corrected chi connectivity index (χ3v) is 4.56. The quantitative estimate of drug-likeness (QED) is 0.734. The smallest absolute Gasteiger partial charge is 0.140 e. The molecule has 2 aromatic heterocycles. The fourth-order valence-corrected chi connectivity index (χ4v) is 3.25. The second-order valence-corrected chi connectivity index (χ2v) is 6.16. The highest BCUT2D eigenvalue weighted by molar-refractivity contribution is 5.57. The van der Waals surface area contributed by atoms with E-state index in [0.717, 1.165) is 37.6 Å². The summed E-state index contributed by atoms with van der Waals surface area (Å²) in [6.45, 7) is 2.90. The van der Waals surface area contributed by atoms with Gasteiger partial charge in [-0.25, -0.2) is 4.98 Å². The summed E-state index contributed by atoms with van der Waals surface area (Å²) in [7, 11) is 2.12. The molecule has 24 heavy (non-hydrogen) atoms. The predicted octanol–water partition coefficient (Wildman–Crippen LogP) is 3.75. The van der Waals surface area contributed by atoms with Gasteiger partial charge in [0, 0.05) is 38.7 Å². The molecule has 0 radical (unpaired) electrons. The molecule has 0 aliphatic carbocycles. The molecule has 0 unspecified atom stereocenters. The fraction of sp³-hybridized carbons (Fsp3) is 0.250. The molecule has 0 spiro atoms. The maximum atomic E-state index is 5.33. The van der Waals surface area contributed by atoms with E-state index in [2.05, 4.69) is 46.9 Å². The normalized spacial score (nSPS) is 15.0. The van der Waals surface area contributed by atoms with Crippen LogP contribution in [0, 0.1) is 0 Å². The minimum Gasteiger partial charge on any atom is -0.465 e. The van der Waals surface area contributed by atoms with Gasteiger partial charge in [-0.15, -0.1) is 0 Å². The van der Waals surface area contributed by atoms with Gasteiger partial charge in [-0.1, -0.05) is 36.4 Å². The topological polar surface area (TPSA) is 34.2 Å². The average molecular weight is 319 g/mol. The van der Waals surface area contributed by atoms with E-state index in [0.29, 0.717) is 0 Å². The molecule has 0 fully saturated rings. The van der Waals surface area contributed by atoms with Crippen molar-refractivity contribution in [3.63, 3.8) is 0 Å². The maximum absolute atomic E-state index is 5.33. The number of hydrogen-bond acceptors (Lipinski definition) is 3. The highest BCUT2D eigenvalue weighted by atomic mass is 16.3. The first-order valence-electron chi connectivity index (χ1n) is 8.33. The number of furan rings is 1. The van der Waals surface area contributed by atoms with Crippen LogP contribution in [-0.4, -0.2) is 27.5 Å². The van der Waals surface area contributed by atoms with Crippen molar-refractivity contribution < 1.29 is 4.42 Å². The molecule has 0 atom stereocenters. The molecule has 0 amide bonds. The van der Waals surface area contributed by atoms with E-state index in [1.807, 2.05) is 24.3 Å². The Hall–Kier alpha value is -2.59. The summed E-state index contributed by atoms with van der Waals surface area (Å²) in [5.41, 5.74) is 3.74. The summed E-state index contributed by atoms with van der Waals surface area (Å²) >= 11 is 0. The Balaban J connectivity index is 1.50. The van der Waals surface area contributed by atoms with Crippen LogP contribution < -0.4 is 0 Å². The zero-order chi connectivity index (χ0) is 16.4. The molecule has 0 N–H and O–H groups in total. The van der Waals surface area contributed by atoms with Crippen LogP contribution >= 0.6 is 0 Å². The Kier molecular flexibility index (Phi) is 4.05.